The fraction of sp³-hybridized carbons (Fsp3) is 0. The number of nitrogens with zero attached hydrogens (tertiary/aromatic N) is 1. The monoisotopic (exact) mass is 309 g/mol. The highest BCUT2D eigenvalue weighted by Crippen LogP contribution is 2.26. The molecular formula is C17H11NO3S. The molecule has 5 heteroatoms. The Morgan fingerprint density at radius 1 is 0.955 bits per heavy atom. The van der Waals surface area contributed by atoms with E-state index in [0.717, 1.165) is 10.8 Å². The number of benzene rings is 3. The highest BCUT2D eigenvalue weighted by Gasteiger charge is 2.10. The molecule has 3 aromatic rings. The van der Waals surface area contributed by atoms with E-state index in [1.165, 1.54) is 12.1 Å². The molecule has 0 aliphatic carbocycles. The Morgan fingerprint density at radius 3 is 2.36 bits per heavy atom. The van der Waals surface area contributed by atoms with Gasteiger partial charge in [-0.3, -0.25) is 10.1 Å². The van der Waals surface area contributed by atoms with Crippen molar-refractivity contribution in [2.45, 2.75) is 0 Å². The van der Waals surface area contributed by atoms with E-state index in [1.807, 2.05) is 42.5 Å². The molecule has 0 aromatic heterocycles. The van der Waals surface area contributed by atoms with Crippen LogP contribution >= 0.6 is 12.2 Å². The number of non-ortho nitro benzene ring substituents is 1. The Morgan fingerprint density at radius 2 is 1.64 bits per heavy atom. The van der Waals surface area contributed by atoms with E-state index >= 15 is 0 Å². The SMILES string of the molecule is O=[N+]([O-])c1ccc(C(=S)Oc2cccc3ccccc23)cc1. The minimum atomic E-state index is -0.446. The first-order valence-electron chi connectivity index (χ1n) is 6.59. The van der Waals surface area contributed by atoms with Crippen LogP contribution in [0.5, 0.6) is 5.75 Å². The molecule has 22 heavy (non-hydrogen) atoms. The maximum atomic E-state index is 10.7. The van der Waals surface area contributed by atoms with Crippen molar-refractivity contribution in [1.29, 1.82) is 0 Å². The first-order valence-corrected chi connectivity index (χ1v) is 7.00. The molecule has 0 unspecified atom stereocenters. The van der Waals surface area contributed by atoms with E-state index < -0.39 is 4.92 Å². The van der Waals surface area contributed by atoms with Crippen molar-refractivity contribution in [3.8, 4) is 5.75 Å². The maximum Gasteiger partial charge on any atom is 0.269 e. The molecule has 3 aromatic carbocycles. The van der Waals surface area contributed by atoms with E-state index in [2.05, 4.69) is 0 Å². The summed E-state index contributed by atoms with van der Waals surface area (Å²) in [5, 5.41) is 13.0. The molecule has 3 rings (SSSR count). The van der Waals surface area contributed by atoms with Gasteiger partial charge in [-0.25, -0.2) is 0 Å². The van der Waals surface area contributed by atoms with Gasteiger partial charge in [-0.1, -0.05) is 36.4 Å². The summed E-state index contributed by atoms with van der Waals surface area (Å²) in [6.07, 6.45) is 0. The van der Waals surface area contributed by atoms with Crippen molar-refractivity contribution in [3.05, 3.63) is 82.4 Å². The molecule has 4 nitrogen and oxygen atoms in total. The van der Waals surface area contributed by atoms with Crippen molar-refractivity contribution >= 4 is 33.7 Å². The molecule has 0 radical (unpaired) electrons. The minimum absolute atomic E-state index is 0.0247. The first-order chi connectivity index (χ1) is 10.6. The zero-order chi connectivity index (χ0) is 15.5. The molecule has 0 fully saturated rings. The molecule has 0 amide bonds. The summed E-state index contributed by atoms with van der Waals surface area (Å²) in [5.41, 5.74) is 0.658. The Hall–Kier alpha value is -2.79. The molecular weight excluding hydrogens is 298 g/mol. The van der Waals surface area contributed by atoms with Crippen LogP contribution in [0.3, 0.4) is 0 Å². The Kier molecular flexibility index (Phi) is 3.80. The number of hydrogen-bond donors (Lipinski definition) is 0. The minimum Gasteiger partial charge on any atom is -0.445 e. The van der Waals surface area contributed by atoms with Gasteiger partial charge in [0.1, 0.15) is 5.75 Å². The average Bonchev–Trinajstić information content (AvgIpc) is 2.55. The Labute approximate surface area is 132 Å². The Bertz CT molecular complexity index is 854. The summed E-state index contributed by atoms with van der Waals surface area (Å²) >= 11 is 5.28. The summed E-state index contributed by atoms with van der Waals surface area (Å²) in [4.78, 5) is 10.2. The zero-order valence-electron chi connectivity index (χ0n) is 11.4. The fourth-order valence-corrected chi connectivity index (χ4v) is 2.39. The quantitative estimate of drug-likeness (QED) is 0.406. The van der Waals surface area contributed by atoms with Crippen LogP contribution in [0.25, 0.3) is 10.8 Å². The van der Waals surface area contributed by atoms with Crippen molar-refractivity contribution in [3.63, 3.8) is 0 Å². The summed E-state index contributed by atoms with van der Waals surface area (Å²) in [6, 6.07) is 19.6. The second kappa shape index (κ2) is 5.91. The molecule has 0 aliphatic heterocycles. The third-order valence-corrected chi connectivity index (χ3v) is 3.59. The largest absolute Gasteiger partial charge is 0.445 e. The maximum absolute atomic E-state index is 10.7. The van der Waals surface area contributed by atoms with Crippen LogP contribution < -0.4 is 4.74 Å². The van der Waals surface area contributed by atoms with Crippen LogP contribution in [-0.4, -0.2) is 9.97 Å². The molecule has 108 valence electrons. The molecule has 0 saturated carbocycles. The number of nitro benzene ring substituents is 1. The first kappa shape index (κ1) is 14.2. The molecule has 0 heterocycles. The van der Waals surface area contributed by atoms with Gasteiger partial charge in [0.25, 0.3) is 5.69 Å². The van der Waals surface area contributed by atoms with Crippen LogP contribution in [0.15, 0.2) is 66.7 Å². The van der Waals surface area contributed by atoms with Gasteiger partial charge in [0.05, 0.1) is 4.92 Å². The molecule has 0 bridgehead atoms. The predicted octanol–water partition coefficient (Wildman–Crippen LogP) is 4.50. The number of ether oxygens (including phenoxy) is 1. The van der Waals surface area contributed by atoms with E-state index in [-0.39, 0.29) is 10.7 Å². The van der Waals surface area contributed by atoms with Gasteiger partial charge in [0.15, 0.2) is 5.05 Å². The smallest absolute Gasteiger partial charge is 0.269 e. The van der Waals surface area contributed by atoms with E-state index in [0.29, 0.717) is 11.3 Å². The lowest BCUT2D eigenvalue weighted by atomic mass is 10.1. The number of hydrogen-bond acceptors (Lipinski definition) is 4. The second-order valence-corrected chi connectivity index (χ2v) is 5.04. The lowest BCUT2D eigenvalue weighted by molar-refractivity contribution is -0.384. The average molecular weight is 309 g/mol. The normalized spacial score (nSPS) is 10.4. The van der Waals surface area contributed by atoms with Crippen LogP contribution in [-0.2, 0) is 0 Å². The standard InChI is InChI=1S/C17H11NO3S/c19-18(20)14-10-8-13(9-11-14)17(22)21-16-7-3-5-12-4-1-2-6-15(12)16/h1-11H. The summed E-state index contributed by atoms with van der Waals surface area (Å²) in [5.74, 6) is 0.668. The molecule has 0 saturated heterocycles. The van der Waals surface area contributed by atoms with Crippen LogP contribution in [0.2, 0.25) is 0 Å². The summed E-state index contributed by atoms with van der Waals surface area (Å²) in [7, 11) is 0. The van der Waals surface area contributed by atoms with Crippen molar-refractivity contribution in [2.24, 2.45) is 0 Å². The van der Waals surface area contributed by atoms with Gasteiger partial charge in [0.2, 0.25) is 0 Å². The molecule has 0 aliphatic rings. The topological polar surface area (TPSA) is 52.4 Å². The highest BCUT2D eigenvalue weighted by molar-refractivity contribution is 7.80. The summed E-state index contributed by atoms with van der Waals surface area (Å²) < 4.78 is 5.78. The van der Waals surface area contributed by atoms with Crippen molar-refractivity contribution in [2.75, 3.05) is 0 Å². The zero-order valence-corrected chi connectivity index (χ0v) is 12.2. The van der Waals surface area contributed by atoms with Gasteiger partial charge >= 0.3 is 0 Å². The fourth-order valence-electron chi connectivity index (χ4n) is 2.16. The number of thiocarbonyl (C=S) groups is 1. The van der Waals surface area contributed by atoms with Crippen molar-refractivity contribution in [1.82, 2.24) is 0 Å². The number of nitro groups is 1. The lowest BCUT2D eigenvalue weighted by Crippen LogP contribution is -2.07. The second-order valence-electron chi connectivity index (χ2n) is 4.67. The van der Waals surface area contributed by atoms with Gasteiger partial charge < -0.3 is 4.74 Å². The van der Waals surface area contributed by atoms with Gasteiger partial charge in [-0.05, 0) is 35.8 Å². The third-order valence-electron chi connectivity index (χ3n) is 3.27. The third kappa shape index (κ3) is 2.80. The molecule has 0 N–H and O–H groups in total. The Balaban J connectivity index is 1.88. The van der Waals surface area contributed by atoms with Crippen LogP contribution in [0.1, 0.15) is 5.56 Å². The van der Waals surface area contributed by atoms with Gasteiger partial charge in [-0.15, -0.1) is 0 Å². The molecule has 0 spiro atoms. The van der Waals surface area contributed by atoms with E-state index in [4.69, 9.17) is 17.0 Å². The van der Waals surface area contributed by atoms with Crippen LogP contribution in [0.4, 0.5) is 5.69 Å². The molecule has 0 atom stereocenters. The van der Waals surface area contributed by atoms with Crippen molar-refractivity contribution < 1.29 is 9.66 Å². The van der Waals surface area contributed by atoms with Gasteiger partial charge in [-0.2, -0.15) is 0 Å². The summed E-state index contributed by atoms with van der Waals surface area (Å²) in [6.45, 7) is 0. The van der Waals surface area contributed by atoms with E-state index in [1.54, 1.807) is 12.1 Å². The highest BCUT2D eigenvalue weighted by atomic mass is 32.1. The number of fused-ring (bicyclic) bond motifs is 1. The van der Waals surface area contributed by atoms with E-state index in [9.17, 15) is 10.1 Å². The predicted molar refractivity (Wildman–Crippen MR) is 89.4 cm³/mol. The van der Waals surface area contributed by atoms with Crippen LogP contribution in [0, 0.1) is 10.1 Å². The lowest BCUT2D eigenvalue weighted by Gasteiger charge is -2.09. The number of rotatable bonds is 3. The van der Waals surface area contributed by atoms with Gasteiger partial charge in [0, 0.05) is 23.1 Å².